The van der Waals surface area contributed by atoms with Crippen LogP contribution >= 0.6 is 0 Å². The average molecular weight is 236 g/mol. The lowest BCUT2D eigenvalue weighted by molar-refractivity contribution is 0.0372. The van der Waals surface area contributed by atoms with Gasteiger partial charge in [-0.1, -0.05) is 0 Å². The van der Waals surface area contributed by atoms with E-state index in [1.54, 1.807) is 0 Å². The lowest BCUT2D eigenvalue weighted by Gasteiger charge is -2.26. The van der Waals surface area contributed by atoms with Gasteiger partial charge in [0.2, 0.25) is 10.0 Å². The van der Waals surface area contributed by atoms with Crippen LogP contribution < -0.4 is 4.72 Å². The molecule has 0 aromatic heterocycles. The molecule has 0 spiro atoms. The molecule has 90 valence electrons. The van der Waals surface area contributed by atoms with Gasteiger partial charge in [0.05, 0.1) is 19.5 Å². The predicted molar refractivity (Wildman–Crippen MR) is 59.3 cm³/mol. The van der Waals surface area contributed by atoms with E-state index in [0.717, 1.165) is 45.7 Å². The van der Waals surface area contributed by atoms with Crippen LogP contribution in [0.25, 0.3) is 0 Å². The topological polar surface area (TPSA) is 58.6 Å². The van der Waals surface area contributed by atoms with Crippen LogP contribution in [0.1, 0.15) is 12.8 Å². The van der Waals surface area contributed by atoms with Crippen molar-refractivity contribution in [1.82, 2.24) is 9.62 Å². The maximum atomic E-state index is 10.8. The largest absolute Gasteiger partial charge is 0.379 e. The lowest BCUT2D eigenvalue weighted by Crippen LogP contribution is -2.37. The van der Waals surface area contributed by atoms with Gasteiger partial charge in [-0.15, -0.1) is 0 Å². The SMILES string of the molecule is CS(=O)(=O)NCCCCN1CCOCC1. The highest BCUT2D eigenvalue weighted by Crippen LogP contribution is 1.99. The summed E-state index contributed by atoms with van der Waals surface area (Å²) in [5.74, 6) is 0. The lowest BCUT2D eigenvalue weighted by atomic mass is 10.3. The molecule has 1 heterocycles. The van der Waals surface area contributed by atoms with Crippen LogP contribution in [-0.2, 0) is 14.8 Å². The number of nitrogens with one attached hydrogen (secondary N) is 1. The highest BCUT2D eigenvalue weighted by molar-refractivity contribution is 7.88. The summed E-state index contributed by atoms with van der Waals surface area (Å²) in [6, 6.07) is 0. The molecule has 0 radical (unpaired) electrons. The molecule has 1 N–H and O–H groups in total. The van der Waals surface area contributed by atoms with Gasteiger partial charge in [-0.05, 0) is 19.4 Å². The molecular formula is C9H20N2O3S. The molecule has 1 rings (SSSR count). The molecular weight excluding hydrogens is 216 g/mol. The maximum Gasteiger partial charge on any atom is 0.208 e. The molecule has 0 aromatic carbocycles. The zero-order chi connectivity index (χ0) is 11.1. The molecule has 1 saturated heterocycles. The summed E-state index contributed by atoms with van der Waals surface area (Å²) in [7, 11) is -3.01. The summed E-state index contributed by atoms with van der Waals surface area (Å²) >= 11 is 0. The molecule has 5 nitrogen and oxygen atoms in total. The molecule has 1 aliphatic heterocycles. The zero-order valence-electron chi connectivity index (χ0n) is 9.24. The minimum absolute atomic E-state index is 0.545. The van der Waals surface area contributed by atoms with Crippen molar-refractivity contribution in [2.45, 2.75) is 12.8 Å². The summed E-state index contributed by atoms with van der Waals surface area (Å²) in [6.07, 6.45) is 3.11. The normalized spacial score (nSPS) is 19.3. The fourth-order valence-corrected chi connectivity index (χ4v) is 2.06. The number of ether oxygens (including phenoxy) is 1. The van der Waals surface area contributed by atoms with Crippen LogP contribution in [0.15, 0.2) is 0 Å². The van der Waals surface area contributed by atoms with Crippen LogP contribution in [0.3, 0.4) is 0 Å². The highest BCUT2D eigenvalue weighted by atomic mass is 32.2. The Morgan fingerprint density at radius 2 is 1.93 bits per heavy atom. The molecule has 0 atom stereocenters. The third-order valence-corrected chi connectivity index (χ3v) is 3.10. The van der Waals surface area contributed by atoms with Gasteiger partial charge in [0.15, 0.2) is 0 Å². The Morgan fingerprint density at radius 1 is 1.27 bits per heavy atom. The molecule has 0 saturated carbocycles. The number of hydrogen-bond donors (Lipinski definition) is 1. The van der Waals surface area contributed by atoms with E-state index in [1.807, 2.05) is 0 Å². The Morgan fingerprint density at radius 3 is 2.53 bits per heavy atom. The minimum Gasteiger partial charge on any atom is -0.379 e. The molecule has 1 fully saturated rings. The summed E-state index contributed by atoms with van der Waals surface area (Å²) in [6.45, 7) is 5.22. The second kappa shape index (κ2) is 6.42. The van der Waals surface area contributed by atoms with Crippen molar-refractivity contribution in [2.24, 2.45) is 0 Å². The Balaban J connectivity index is 1.96. The van der Waals surface area contributed by atoms with Crippen molar-refractivity contribution in [1.29, 1.82) is 0 Å². The summed E-state index contributed by atoms with van der Waals surface area (Å²) in [5.41, 5.74) is 0. The molecule has 0 aromatic rings. The van der Waals surface area contributed by atoms with Crippen LogP contribution in [-0.4, -0.2) is 59.0 Å². The standard InChI is InChI=1S/C9H20N2O3S/c1-15(12,13)10-4-2-3-5-11-6-8-14-9-7-11/h10H,2-9H2,1H3. The number of unbranched alkanes of at least 4 members (excludes halogenated alkanes) is 1. The molecule has 15 heavy (non-hydrogen) atoms. The van der Waals surface area contributed by atoms with E-state index < -0.39 is 10.0 Å². The second-order valence-corrected chi connectivity index (χ2v) is 5.66. The Hall–Kier alpha value is -0.170. The van der Waals surface area contributed by atoms with Crippen LogP contribution in [0.5, 0.6) is 0 Å². The van der Waals surface area contributed by atoms with Gasteiger partial charge >= 0.3 is 0 Å². The average Bonchev–Trinajstić information content (AvgIpc) is 2.17. The number of hydrogen-bond acceptors (Lipinski definition) is 4. The third-order valence-electron chi connectivity index (χ3n) is 2.37. The van der Waals surface area contributed by atoms with E-state index in [4.69, 9.17) is 4.74 Å². The molecule has 0 aliphatic carbocycles. The number of rotatable bonds is 6. The van der Waals surface area contributed by atoms with E-state index >= 15 is 0 Å². The van der Waals surface area contributed by atoms with Gasteiger partial charge in [0.1, 0.15) is 0 Å². The van der Waals surface area contributed by atoms with Gasteiger partial charge in [-0.25, -0.2) is 13.1 Å². The number of nitrogens with zero attached hydrogens (tertiary/aromatic N) is 1. The fraction of sp³-hybridized carbons (Fsp3) is 1.00. The van der Waals surface area contributed by atoms with Crippen molar-refractivity contribution in [2.75, 3.05) is 45.6 Å². The van der Waals surface area contributed by atoms with E-state index in [9.17, 15) is 8.42 Å². The van der Waals surface area contributed by atoms with E-state index in [1.165, 1.54) is 6.26 Å². The van der Waals surface area contributed by atoms with E-state index in [2.05, 4.69) is 9.62 Å². The Labute approximate surface area is 91.8 Å². The number of sulfonamides is 1. The van der Waals surface area contributed by atoms with Gasteiger partial charge in [-0.2, -0.15) is 0 Å². The minimum atomic E-state index is -3.01. The quantitative estimate of drug-likeness (QED) is 0.640. The van der Waals surface area contributed by atoms with Crippen molar-refractivity contribution in [3.63, 3.8) is 0 Å². The monoisotopic (exact) mass is 236 g/mol. The summed E-state index contributed by atoms with van der Waals surface area (Å²) in [4.78, 5) is 2.35. The van der Waals surface area contributed by atoms with Crippen LogP contribution in [0.2, 0.25) is 0 Å². The van der Waals surface area contributed by atoms with Gasteiger partial charge in [-0.3, -0.25) is 4.90 Å². The van der Waals surface area contributed by atoms with Crippen molar-refractivity contribution < 1.29 is 13.2 Å². The molecule has 1 aliphatic rings. The smallest absolute Gasteiger partial charge is 0.208 e. The molecule has 0 amide bonds. The van der Waals surface area contributed by atoms with Crippen LogP contribution in [0.4, 0.5) is 0 Å². The van der Waals surface area contributed by atoms with Crippen molar-refractivity contribution >= 4 is 10.0 Å². The highest BCUT2D eigenvalue weighted by Gasteiger charge is 2.09. The predicted octanol–water partition coefficient (Wildman–Crippen LogP) is -0.352. The van der Waals surface area contributed by atoms with Gasteiger partial charge in [0, 0.05) is 19.6 Å². The second-order valence-electron chi connectivity index (χ2n) is 3.83. The van der Waals surface area contributed by atoms with Crippen molar-refractivity contribution in [3.05, 3.63) is 0 Å². The number of morpholine rings is 1. The fourth-order valence-electron chi connectivity index (χ4n) is 1.54. The summed E-state index contributed by atoms with van der Waals surface area (Å²) in [5, 5.41) is 0. The third kappa shape index (κ3) is 6.83. The van der Waals surface area contributed by atoms with E-state index in [-0.39, 0.29) is 0 Å². The zero-order valence-corrected chi connectivity index (χ0v) is 10.1. The first kappa shape index (κ1) is 12.9. The maximum absolute atomic E-state index is 10.8. The summed E-state index contributed by atoms with van der Waals surface area (Å²) < 4.78 is 29.2. The Kier molecular flexibility index (Phi) is 5.52. The van der Waals surface area contributed by atoms with Crippen LogP contribution in [0, 0.1) is 0 Å². The first-order valence-corrected chi connectivity index (χ1v) is 7.22. The van der Waals surface area contributed by atoms with E-state index in [0.29, 0.717) is 6.54 Å². The first-order valence-electron chi connectivity index (χ1n) is 5.33. The molecule has 0 bridgehead atoms. The Bertz CT molecular complexity index is 261. The first-order chi connectivity index (χ1) is 7.08. The van der Waals surface area contributed by atoms with Crippen molar-refractivity contribution in [3.8, 4) is 0 Å². The molecule has 6 heteroatoms. The van der Waals surface area contributed by atoms with Gasteiger partial charge < -0.3 is 4.74 Å². The van der Waals surface area contributed by atoms with Gasteiger partial charge in [0.25, 0.3) is 0 Å². The molecule has 0 unspecified atom stereocenters.